The second kappa shape index (κ2) is 7.49. The summed E-state index contributed by atoms with van der Waals surface area (Å²) in [5, 5.41) is 2.77. The molecule has 24 heavy (non-hydrogen) atoms. The minimum Gasteiger partial charge on any atom is -0.350 e. The Morgan fingerprint density at radius 2 is 1.67 bits per heavy atom. The molecule has 2 aromatic rings. The zero-order valence-electron chi connectivity index (χ0n) is 14.1. The predicted molar refractivity (Wildman–Crippen MR) is 96.4 cm³/mol. The number of nitrogens with zero attached hydrogens (tertiary/aromatic N) is 1. The van der Waals surface area contributed by atoms with Crippen LogP contribution in [0.25, 0.3) is 0 Å². The van der Waals surface area contributed by atoms with Gasteiger partial charge in [-0.15, -0.1) is 0 Å². The number of nitrogens with one attached hydrogen (secondary N) is 1. The standard InChI is InChI=1S/C18H22N2O3S/c1-14-8-10-16(11-9-14)12-19-18(21)13-20(24(3,22)23)17-7-5-4-6-15(17)2/h4-11H,12-13H2,1-3H3,(H,19,21). The van der Waals surface area contributed by atoms with Crippen LogP contribution in [0.5, 0.6) is 0 Å². The van der Waals surface area contributed by atoms with Crippen LogP contribution in [-0.4, -0.2) is 27.1 Å². The lowest BCUT2D eigenvalue weighted by molar-refractivity contribution is -0.119. The number of benzene rings is 2. The largest absolute Gasteiger partial charge is 0.350 e. The molecule has 0 heterocycles. The van der Waals surface area contributed by atoms with E-state index in [1.807, 2.05) is 50.2 Å². The van der Waals surface area contributed by atoms with E-state index in [1.165, 1.54) is 0 Å². The van der Waals surface area contributed by atoms with Crippen LogP contribution in [0.1, 0.15) is 16.7 Å². The first-order valence-electron chi connectivity index (χ1n) is 7.63. The molecule has 1 amide bonds. The molecule has 0 bridgehead atoms. The van der Waals surface area contributed by atoms with Crippen molar-refractivity contribution in [1.82, 2.24) is 5.32 Å². The van der Waals surface area contributed by atoms with Crippen LogP contribution in [0.4, 0.5) is 5.69 Å². The van der Waals surface area contributed by atoms with Gasteiger partial charge in [-0.25, -0.2) is 8.42 Å². The molecule has 0 atom stereocenters. The van der Waals surface area contributed by atoms with Gasteiger partial charge in [-0.05, 0) is 31.0 Å². The SMILES string of the molecule is Cc1ccc(CNC(=O)CN(c2ccccc2C)S(C)(=O)=O)cc1. The predicted octanol–water partition coefficient (Wildman–Crippen LogP) is 2.39. The number of hydrogen-bond acceptors (Lipinski definition) is 3. The van der Waals surface area contributed by atoms with E-state index >= 15 is 0 Å². The van der Waals surface area contributed by atoms with Crippen LogP contribution in [0.3, 0.4) is 0 Å². The number of aryl methyl sites for hydroxylation is 2. The van der Waals surface area contributed by atoms with Crippen LogP contribution in [-0.2, 0) is 21.4 Å². The van der Waals surface area contributed by atoms with E-state index in [0.29, 0.717) is 12.2 Å². The Morgan fingerprint density at radius 3 is 2.25 bits per heavy atom. The van der Waals surface area contributed by atoms with E-state index in [0.717, 1.165) is 27.3 Å². The number of anilines is 1. The maximum Gasteiger partial charge on any atom is 0.241 e. The first-order chi connectivity index (χ1) is 11.3. The summed E-state index contributed by atoms with van der Waals surface area (Å²) in [4.78, 5) is 12.2. The Bertz CT molecular complexity index is 814. The summed E-state index contributed by atoms with van der Waals surface area (Å²) < 4.78 is 25.3. The van der Waals surface area contributed by atoms with Gasteiger partial charge in [0, 0.05) is 6.54 Å². The maximum atomic E-state index is 12.2. The Labute approximate surface area is 143 Å². The molecule has 2 aromatic carbocycles. The molecular weight excluding hydrogens is 324 g/mol. The van der Waals surface area contributed by atoms with Gasteiger partial charge < -0.3 is 5.32 Å². The fourth-order valence-electron chi connectivity index (χ4n) is 2.32. The Kier molecular flexibility index (Phi) is 5.62. The van der Waals surface area contributed by atoms with Gasteiger partial charge in [0.05, 0.1) is 11.9 Å². The Morgan fingerprint density at radius 1 is 1.04 bits per heavy atom. The average molecular weight is 346 g/mol. The zero-order chi connectivity index (χ0) is 17.7. The quantitative estimate of drug-likeness (QED) is 0.873. The Balaban J connectivity index is 2.08. The number of carbonyl (C=O) groups excluding carboxylic acids is 1. The van der Waals surface area contributed by atoms with Crippen LogP contribution < -0.4 is 9.62 Å². The number of para-hydroxylation sites is 1. The summed E-state index contributed by atoms with van der Waals surface area (Å²) in [7, 11) is -3.55. The number of rotatable bonds is 6. The van der Waals surface area contributed by atoms with Gasteiger partial charge in [0.1, 0.15) is 6.54 Å². The van der Waals surface area contributed by atoms with Gasteiger partial charge in [-0.2, -0.15) is 0 Å². The normalized spacial score (nSPS) is 11.1. The van der Waals surface area contributed by atoms with Gasteiger partial charge in [0.15, 0.2) is 0 Å². The molecule has 0 saturated carbocycles. The third-order valence-electron chi connectivity index (χ3n) is 3.68. The molecule has 0 fully saturated rings. The molecule has 0 aromatic heterocycles. The van der Waals surface area contributed by atoms with E-state index in [2.05, 4.69) is 5.32 Å². The minimum atomic E-state index is -3.55. The van der Waals surface area contributed by atoms with Crippen molar-refractivity contribution in [1.29, 1.82) is 0 Å². The second-order valence-corrected chi connectivity index (χ2v) is 7.73. The van der Waals surface area contributed by atoms with E-state index in [9.17, 15) is 13.2 Å². The summed E-state index contributed by atoms with van der Waals surface area (Å²) in [5.74, 6) is -0.343. The highest BCUT2D eigenvalue weighted by atomic mass is 32.2. The van der Waals surface area contributed by atoms with Gasteiger partial charge in [0.25, 0.3) is 0 Å². The third-order valence-corrected chi connectivity index (χ3v) is 4.81. The minimum absolute atomic E-state index is 0.241. The van der Waals surface area contributed by atoms with Crippen LogP contribution in [0, 0.1) is 13.8 Å². The third kappa shape index (κ3) is 4.83. The van der Waals surface area contributed by atoms with Crippen molar-refractivity contribution >= 4 is 21.6 Å². The van der Waals surface area contributed by atoms with Crippen molar-refractivity contribution in [2.24, 2.45) is 0 Å². The number of carbonyl (C=O) groups is 1. The summed E-state index contributed by atoms with van der Waals surface area (Å²) >= 11 is 0. The van der Waals surface area contributed by atoms with Gasteiger partial charge in [-0.3, -0.25) is 9.10 Å². The first-order valence-corrected chi connectivity index (χ1v) is 9.48. The molecule has 0 aliphatic rings. The number of hydrogen-bond donors (Lipinski definition) is 1. The monoisotopic (exact) mass is 346 g/mol. The maximum absolute atomic E-state index is 12.2. The molecule has 0 spiro atoms. The van der Waals surface area contributed by atoms with E-state index < -0.39 is 10.0 Å². The van der Waals surface area contributed by atoms with Crippen molar-refractivity contribution < 1.29 is 13.2 Å². The topological polar surface area (TPSA) is 66.5 Å². The first kappa shape index (κ1) is 18.0. The van der Waals surface area contributed by atoms with Gasteiger partial charge in [0.2, 0.25) is 15.9 Å². The highest BCUT2D eigenvalue weighted by molar-refractivity contribution is 7.92. The molecule has 5 nitrogen and oxygen atoms in total. The molecule has 1 N–H and O–H groups in total. The number of amides is 1. The van der Waals surface area contributed by atoms with Crippen LogP contribution in [0.15, 0.2) is 48.5 Å². The average Bonchev–Trinajstić information content (AvgIpc) is 2.52. The van der Waals surface area contributed by atoms with Crippen molar-refractivity contribution in [3.63, 3.8) is 0 Å². The molecule has 0 unspecified atom stereocenters. The van der Waals surface area contributed by atoms with Crippen molar-refractivity contribution in [3.8, 4) is 0 Å². The lowest BCUT2D eigenvalue weighted by Gasteiger charge is -2.23. The fraction of sp³-hybridized carbons (Fsp3) is 0.278. The second-order valence-electron chi connectivity index (χ2n) is 5.82. The summed E-state index contributed by atoms with van der Waals surface area (Å²) in [6.07, 6.45) is 1.10. The molecule has 0 aliphatic heterocycles. The van der Waals surface area contributed by atoms with Crippen molar-refractivity contribution in [2.45, 2.75) is 20.4 Å². The van der Waals surface area contributed by atoms with Gasteiger partial charge in [-0.1, -0.05) is 48.0 Å². The van der Waals surface area contributed by atoms with Crippen molar-refractivity contribution in [2.75, 3.05) is 17.1 Å². The lowest BCUT2D eigenvalue weighted by atomic mass is 10.1. The molecule has 0 radical (unpaired) electrons. The Hall–Kier alpha value is -2.34. The van der Waals surface area contributed by atoms with Crippen LogP contribution in [0.2, 0.25) is 0 Å². The lowest BCUT2D eigenvalue weighted by Crippen LogP contribution is -2.40. The van der Waals surface area contributed by atoms with E-state index in [-0.39, 0.29) is 12.5 Å². The molecule has 2 rings (SSSR count). The highest BCUT2D eigenvalue weighted by Crippen LogP contribution is 2.21. The summed E-state index contributed by atoms with van der Waals surface area (Å²) in [6, 6.07) is 14.9. The van der Waals surface area contributed by atoms with Crippen molar-refractivity contribution in [3.05, 3.63) is 65.2 Å². The number of sulfonamides is 1. The van der Waals surface area contributed by atoms with E-state index in [4.69, 9.17) is 0 Å². The zero-order valence-corrected chi connectivity index (χ0v) is 14.9. The fourth-order valence-corrected chi connectivity index (χ4v) is 3.23. The van der Waals surface area contributed by atoms with Gasteiger partial charge >= 0.3 is 0 Å². The van der Waals surface area contributed by atoms with E-state index in [1.54, 1.807) is 12.1 Å². The molecule has 128 valence electrons. The molecule has 6 heteroatoms. The molecule has 0 saturated heterocycles. The summed E-state index contributed by atoms with van der Waals surface area (Å²) in [6.45, 7) is 3.94. The molecule has 0 aliphatic carbocycles. The van der Waals surface area contributed by atoms with Crippen LogP contribution >= 0.6 is 0 Å². The highest BCUT2D eigenvalue weighted by Gasteiger charge is 2.21. The summed E-state index contributed by atoms with van der Waals surface area (Å²) in [5.41, 5.74) is 3.43. The smallest absolute Gasteiger partial charge is 0.241 e. The molecular formula is C18H22N2O3S.